The molecule has 2 amide bonds. The van der Waals surface area contributed by atoms with E-state index in [1.165, 1.54) is 11.1 Å². The minimum absolute atomic E-state index is 0.0431. The zero-order valence-corrected chi connectivity index (χ0v) is 11.0. The molecule has 1 aliphatic heterocycles. The summed E-state index contributed by atoms with van der Waals surface area (Å²) in [5, 5.41) is 8.53. The van der Waals surface area contributed by atoms with E-state index in [-0.39, 0.29) is 17.9 Å². The maximum absolute atomic E-state index is 12.0. The first-order valence-corrected chi connectivity index (χ1v) is 6.49. The summed E-state index contributed by atoms with van der Waals surface area (Å²) in [4.78, 5) is 23.0. The van der Waals surface area contributed by atoms with E-state index in [0.717, 1.165) is 0 Å². The normalized spacial score (nSPS) is 17.4. The second kappa shape index (κ2) is 6.33. The zero-order valence-electron chi connectivity index (χ0n) is 11.0. The van der Waals surface area contributed by atoms with E-state index in [2.05, 4.69) is 28.1 Å². The molecule has 1 aliphatic rings. The highest BCUT2D eigenvalue weighted by Gasteiger charge is 2.23. The molecule has 1 aromatic carbocycles. The van der Waals surface area contributed by atoms with Crippen molar-refractivity contribution in [3.63, 3.8) is 0 Å². The van der Waals surface area contributed by atoms with Gasteiger partial charge in [0.15, 0.2) is 0 Å². The molecule has 5 heteroatoms. The van der Waals surface area contributed by atoms with E-state index in [1.807, 2.05) is 12.1 Å². The third kappa shape index (κ3) is 3.54. The summed E-state index contributed by atoms with van der Waals surface area (Å²) in [6.45, 7) is 1.09. The van der Waals surface area contributed by atoms with Gasteiger partial charge in [0.2, 0.25) is 11.8 Å². The van der Waals surface area contributed by atoms with E-state index in [4.69, 9.17) is 0 Å². The summed E-state index contributed by atoms with van der Waals surface area (Å²) in [7, 11) is 1.59. The molecule has 0 spiro atoms. The largest absolute Gasteiger partial charge is 0.359 e. The van der Waals surface area contributed by atoms with Crippen molar-refractivity contribution in [3.05, 3.63) is 35.4 Å². The lowest BCUT2D eigenvalue weighted by atomic mass is 9.95. The summed E-state index contributed by atoms with van der Waals surface area (Å²) in [5.74, 6) is -0.111. The van der Waals surface area contributed by atoms with Gasteiger partial charge in [-0.2, -0.15) is 0 Å². The number of hydrogen-bond acceptors (Lipinski definition) is 3. The highest BCUT2D eigenvalue weighted by Crippen LogP contribution is 2.16. The average Bonchev–Trinajstić information content (AvgIpc) is 2.46. The van der Waals surface area contributed by atoms with Gasteiger partial charge in [0, 0.05) is 26.6 Å². The van der Waals surface area contributed by atoms with Crippen molar-refractivity contribution in [3.8, 4) is 0 Å². The van der Waals surface area contributed by atoms with Gasteiger partial charge < -0.3 is 16.0 Å². The average molecular weight is 261 g/mol. The van der Waals surface area contributed by atoms with Crippen LogP contribution in [0.2, 0.25) is 0 Å². The molecule has 0 unspecified atom stereocenters. The van der Waals surface area contributed by atoms with Gasteiger partial charge in [-0.25, -0.2) is 0 Å². The maximum Gasteiger partial charge on any atom is 0.237 e. The molecular formula is C14H19N3O2. The summed E-state index contributed by atoms with van der Waals surface area (Å²) in [6.07, 6.45) is 1.01. The molecule has 0 aromatic heterocycles. The second-order valence-corrected chi connectivity index (χ2v) is 4.62. The Kier molecular flexibility index (Phi) is 4.52. The number of nitrogens with one attached hydrogen (secondary N) is 3. The molecule has 102 valence electrons. The first-order chi connectivity index (χ1) is 9.20. The molecule has 1 aromatic rings. The van der Waals surface area contributed by atoms with Gasteiger partial charge in [0.05, 0.1) is 6.04 Å². The molecule has 0 fully saturated rings. The topological polar surface area (TPSA) is 70.2 Å². The molecule has 3 N–H and O–H groups in total. The van der Waals surface area contributed by atoms with E-state index in [1.54, 1.807) is 7.05 Å². The fourth-order valence-electron chi connectivity index (χ4n) is 2.19. The third-order valence-electron chi connectivity index (χ3n) is 3.33. The van der Waals surface area contributed by atoms with E-state index in [0.29, 0.717) is 25.9 Å². The van der Waals surface area contributed by atoms with Crippen molar-refractivity contribution in [2.45, 2.75) is 25.4 Å². The van der Waals surface area contributed by atoms with E-state index in [9.17, 15) is 9.59 Å². The highest BCUT2D eigenvalue weighted by molar-refractivity contribution is 5.83. The molecule has 0 saturated heterocycles. The van der Waals surface area contributed by atoms with Gasteiger partial charge in [-0.3, -0.25) is 9.59 Å². The Hall–Kier alpha value is -1.88. The molecule has 0 saturated carbocycles. The molecule has 0 radical (unpaired) electrons. The first-order valence-electron chi connectivity index (χ1n) is 6.49. The quantitative estimate of drug-likeness (QED) is 0.712. The van der Waals surface area contributed by atoms with Crippen LogP contribution < -0.4 is 16.0 Å². The predicted molar refractivity (Wildman–Crippen MR) is 72.5 cm³/mol. The standard InChI is InChI=1S/C14H19N3O2/c1-15-13(18)6-7-16-14(19)12-8-10-4-2-3-5-11(10)9-17-12/h2-5,12,17H,6-9H2,1H3,(H,15,18)(H,16,19)/t12-/m0/s1. The summed E-state index contributed by atoms with van der Waals surface area (Å²) >= 11 is 0. The van der Waals surface area contributed by atoms with Crippen molar-refractivity contribution in [2.75, 3.05) is 13.6 Å². The Balaban J connectivity index is 1.83. The van der Waals surface area contributed by atoms with Crippen LogP contribution in [0.25, 0.3) is 0 Å². The van der Waals surface area contributed by atoms with Gasteiger partial charge in [-0.15, -0.1) is 0 Å². The fourth-order valence-corrected chi connectivity index (χ4v) is 2.19. The molecule has 1 heterocycles. The highest BCUT2D eigenvalue weighted by atomic mass is 16.2. The van der Waals surface area contributed by atoms with Gasteiger partial charge in [0.25, 0.3) is 0 Å². The zero-order chi connectivity index (χ0) is 13.7. The summed E-state index contributed by atoms with van der Waals surface area (Å²) < 4.78 is 0. The monoisotopic (exact) mass is 261 g/mol. The molecular weight excluding hydrogens is 242 g/mol. The van der Waals surface area contributed by atoms with Crippen LogP contribution in [0.15, 0.2) is 24.3 Å². The van der Waals surface area contributed by atoms with E-state index >= 15 is 0 Å². The van der Waals surface area contributed by atoms with Crippen molar-refractivity contribution in [2.24, 2.45) is 0 Å². The number of fused-ring (bicyclic) bond motifs is 1. The predicted octanol–water partition coefficient (Wildman–Crippen LogP) is -0.0468. The second-order valence-electron chi connectivity index (χ2n) is 4.62. The van der Waals surface area contributed by atoms with E-state index < -0.39 is 0 Å². The molecule has 2 rings (SSSR count). The van der Waals surface area contributed by atoms with Crippen LogP contribution in [0, 0.1) is 0 Å². The first kappa shape index (κ1) is 13.5. The van der Waals surface area contributed by atoms with Crippen LogP contribution >= 0.6 is 0 Å². The van der Waals surface area contributed by atoms with Gasteiger partial charge >= 0.3 is 0 Å². The third-order valence-corrected chi connectivity index (χ3v) is 3.33. The van der Waals surface area contributed by atoms with Crippen LogP contribution in [0.4, 0.5) is 0 Å². The van der Waals surface area contributed by atoms with Crippen LogP contribution in [-0.4, -0.2) is 31.4 Å². The molecule has 0 aliphatic carbocycles. The lowest BCUT2D eigenvalue weighted by molar-refractivity contribution is -0.123. The Labute approximate surface area is 112 Å². The molecule has 5 nitrogen and oxygen atoms in total. The summed E-state index contributed by atoms with van der Waals surface area (Å²) in [5.41, 5.74) is 2.46. The number of amides is 2. The van der Waals surface area contributed by atoms with Gasteiger partial charge in [-0.1, -0.05) is 24.3 Å². The van der Waals surface area contributed by atoms with Crippen LogP contribution in [0.5, 0.6) is 0 Å². The van der Waals surface area contributed by atoms with Crippen molar-refractivity contribution in [1.82, 2.24) is 16.0 Å². The van der Waals surface area contributed by atoms with Crippen molar-refractivity contribution >= 4 is 11.8 Å². The number of hydrogen-bond donors (Lipinski definition) is 3. The van der Waals surface area contributed by atoms with Gasteiger partial charge in [-0.05, 0) is 17.5 Å². The molecule has 0 bridgehead atoms. The lowest BCUT2D eigenvalue weighted by Gasteiger charge is -2.25. The van der Waals surface area contributed by atoms with Gasteiger partial charge in [0.1, 0.15) is 0 Å². The SMILES string of the molecule is CNC(=O)CCNC(=O)[C@@H]1Cc2ccccc2CN1. The molecule has 19 heavy (non-hydrogen) atoms. The minimum Gasteiger partial charge on any atom is -0.359 e. The van der Waals surface area contributed by atoms with Crippen LogP contribution in [0.1, 0.15) is 17.5 Å². The number of rotatable bonds is 4. The number of benzene rings is 1. The summed E-state index contributed by atoms with van der Waals surface area (Å²) in [6, 6.07) is 7.91. The Morgan fingerprint density at radius 1 is 1.32 bits per heavy atom. The Bertz CT molecular complexity index is 474. The smallest absolute Gasteiger partial charge is 0.237 e. The van der Waals surface area contributed by atoms with Crippen LogP contribution in [-0.2, 0) is 22.6 Å². The van der Waals surface area contributed by atoms with Crippen LogP contribution in [0.3, 0.4) is 0 Å². The maximum atomic E-state index is 12.0. The number of carbonyl (C=O) groups is 2. The Morgan fingerprint density at radius 2 is 2.05 bits per heavy atom. The minimum atomic E-state index is -0.209. The van der Waals surface area contributed by atoms with Crippen molar-refractivity contribution < 1.29 is 9.59 Å². The molecule has 1 atom stereocenters. The Morgan fingerprint density at radius 3 is 2.79 bits per heavy atom. The fraction of sp³-hybridized carbons (Fsp3) is 0.429. The van der Waals surface area contributed by atoms with Crippen molar-refractivity contribution in [1.29, 1.82) is 0 Å². The lowest BCUT2D eigenvalue weighted by Crippen LogP contribution is -2.48. The number of carbonyl (C=O) groups excluding carboxylic acids is 2.